The molecule has 0 aromatic heterocycles. The van der Waals surface area contributed by atoms with Crippen LogP contribution in [0.1, 0.15) is 36.9 Å². The van der Waals surface area contributed by atoms with E-state index >= 15 is 0 Å². The van der Waals surface area contributed by atoms with Crippen LogP contribution in [0.4, 0.5) is 13.2 Å². The van der Waals surface area contributed by atoms with Gasteiger partial charge in [-0.1, -0.05) is 13.0 Å². The maximum Gasteiger partial charge on any atom is 0.422 e. The van der Waals surface area contributed by atoms with Crippen molar-refractivity contribution in [2.45, 2.75) is 38.4 Å². The number of rotatable bonds is 2. The fraction of sp³-hybridized carbons (Fsp3) is 0.556. The zero-order valence-corrected chi connectivity index (χ0v) is 14.3. The molecule has 0 bridgehead atoms. The van der Waals surface area contributed by atoms with Gasteiger partial charge < -0.3 is 14.4 Å². The molecule has 0 spiro atoms. The average Bonchev–Trinajstić information content (AvgIpc) is 3.06. The number of likely N-dealkylation sites (tertiary alicyclic amines) is 1. The number of hydrogen-bond donors (Lipinski definition) is 0. The number of carbonyl (C=O) groups excluding carboxylic acids is 2. The summed E-state index contributed by atoms with van der Waals surface area (Å²) in [6.45, 7) is 1.08. The number of fused-ring (bicyclic) bond motifs is 1. The largest absolute Gasteiger partial charge is 0.493 e. The van der Waals surface area contributed by atoms with Crippen LogP contribution in [-0.2, 0) is 20.7 Å². The van der Waals surface area contributed by atoms with Crippen LogP contribution in [0.2, 0.25) is 0 Å². The molecule has 26 heavy (non-hydrogen) atoms. The molecular weight excluding hydrogens is 351 g/mol. The second kappa shape index (κ2) is 7.17. The lowest BCUT2D eigenvalue weighted by molar-refractivity contribution is -0.190. The summed E-state index contributed by atoms with van der Waals surface area (Å²) in [5.74, 6) is -1.53. The number of nitrogens with zero attached hydrogens (tertiary/aromatic N) is 1. The standard InChI is InChI=1S/C18H20F3NO4/c1-11-2-4-14(12-3-5-15-13(8-12)6-7-25-15)22(9-11)16(23)17(24)26-10-18(19,20)21/h3,5,8,11,14H,2,4,6-7,9-10H2,1H3. The van der Waals surface area contributed by atoms with Gasteiger partial charge in [-0.15, -0.1) is 0 Å². The zero-order valence-electron chi connectivity index (χ0n) is 14.3. The Balaban J connectivity index is 1.78. The number of ether oxygens (including phenoxy) is 2. The number of carbonyl (C=O) groups is 2. The van der Waals surface area contributed by atoms with Crippen molar-refractivity contribution in [2.24, 2.45) is 5.92 Å². The maximum atomic E-state index is 12.4. The van der Waals surface area contributed by atoms with Gasteiger partial charge in [-0.25, -0.2) is 4.79 Å². The van der Waals surface area contributed by atoms with Crippen molar-refractivity contribution in [3.8, 4) is 5.75 Å². The quantitative estimate of drug-likeness (QED) is 0.592. The van der Waals surface area contributed by atoms with Crippen molar-refractivity contribution in [1.82, 2.24) is 4.90 Å². The Bertz CT molecular complexity index is 704. The number of piperidine rings is 1. The summed E-state index contributed by atoms with van der Waals surface area (Å²) in [6, 6.07) is 5.26. The molecule has 8 heteroatoms. The summed E-state index contributed by atoms with van der Waals surface area (Å²) in [5.41, 5.74) is 1.89. The molecule has 1 saturated heterocycles. The van der Waals surface area contributed by atoms with Crippen LogP contribution >= 0.6 is 0 Å². The highest BCUT2D eigenvalue weighted by atomic mass is 19.4. The molecule has 142 valence electrons. The first kappa shape index (κ1) is 18.5. The molecule has 1 aromatic rings. The summed E-state index contributed by atoms with van der Waals surface area (Å²) in [7, 11) is 0. The molecule has 5 nitrogen and oxygen atoms in total. The fourth-order valence-corrected chi connectivity index (χ4v) is 3.46. The Kier molecular flexibility index (Phi) is 5.11. The third kappa shape index (κ3) is 4.11. The number of halogens is 3. The van der Waals surface area contributed by atoms with Crippen LogP contribution in [0, 0.1) is 5.92 Å². The van der Waals surface area contributed by atoms with E-state index in [1.165, 1.54) is 4.90 Å². The van der Waals surface area contributed by atoms with E-state index in [0.717, 1.165) is 29.7 Å². The Morgan fingerprint density at radius 1 is 1.31 bits per heavy atom. The first-order valence-corrected chi connectivity index (χ1v) is 8.54. The highest BCUT2D eigenvalue weighted by Gasteiger charge is 2.37. The average molecular weight is 371 g/mol. The lowest BCUT2D eigenvalue weighted by atomic mass is 9.89. The van der Waals surface area contributed by atoms with Crippen LogP contribution in [0.3, 0.4) is 0 Å². The monoisotopic (exact) mass is 371 g/mol. The van der Waals surface area contributed by atoms with Crippen molar-refractivity contribution in [2.75, 3.05) is 19.8 Å². The number of hydrogen-bond acceptors (Lipinski definition) is 4. The Morgan fingerprint density at radius 3 is 2.81 bits per heavy atom. The molecular formula is C18H20F3NO4. The predicted octanol–water partition coefficient (Wildman–Crippen LogP) is 3.03. The van der Waals surface area contributed by atoms with Crippen LogP contribution < -0.4 is 4.74 Å². The van der Waals surface area contributed by atoms with Crippen LogP contribution in [0.15, 0.2) is 18.2 Å². The van der Waals surface area contributed by atoms with Gasteiger partial charge in [0, 0.05) is 13.0 Å². The first-order chi connectivity index (χ1) is 12.2. The summed E-state index contributed by atoms with van der Waals surface area (Å²) in [6.07, 6.45) is -2.39. The third-order valence-electron chi connectivity index (χ3n) is 4.72. The first-order valence-electron chi connectivity index (χ1n) is 8.54. The molecule has 2 unspecified atom stereocenters. The minimum atomic E-state index is -4.66. The molecule has 1 amide bonds. The van der Waals surface area contributed by atoms with Gasteiger partial charge in [-0.2, -0.15) is 13.2 Å². The normalized spacial score (nSPS) is 22.5. The zero-order chi connectivity index (χ0) is 18.9. The van der Waals surface area contributed by atoms with Gasteiger partial charge in [0.15, 0.2) is 6.61 Å². The van der Waals surface area contributed by atoms with E-state index in [1.807, 2.05) is 25.1 Å². The summed E-state index contributed by atoms with van der Waals surface area (Å²) >= 11 is 0. The number of amides is 1. The Morgan fingerprint density at radius 2 is 2.08 bits per heavy atom. The van der Waals surface area contributed by atoms with E-state index in [2.05, 4.69) is 4.74 Å². The fourth-order valence-electron chi connectivity index (χ4n) is 3.46. The lowest BCUT2D eigenvalue weighted by Gasteiger charge is -2.38. The lowest BCUT2D eigenvalue weighted by Crippen LogP contribution is -2.45. The predicted molar refractivity (Wildman–Crippen MR) is 85.5 cm³/mol. The Labute approximate surface area is 149 Å². The summed E-state index contributed by atoms with van der Waals surface area (Å²) in [4.78, 5) is 25.6. The van der Waals surface area contributed by atoms with Gasteiger partial charge in [-0.3, -0.25) is 4.79 Å². The van der Waals surface area contributed by atoms with Gasteiger partial charge in [0.25, 0.3) is 0 Å². The van der Waals surface area contributed by atoms with Crippen molar-refractivity contribution in [3.05, 3.63) is 29.3 Å². The van der Waals surface area contributed by atoms with E-state index in [9.17, 15) is 22.8 Å². The Hall–Kier alpha value is -2.25. The molecule has 0 aliphatic carbocycles. The highest BCUT2D eigenvalue weighted by Crippen LogP contribution is 2.36. The number of benzene rings is 1. The number of alkyl halides is 3. The highest BCUT2D eigenvalue weighted by molar-refractivity contribution is 6.32. The topological polar surface area (TPSA) is 55.8 Å². The number of esters is 1. The molecule has 1 fully saturated rings. The summed E-state index contributed by atoms with van der Waals surface area (Å²) in [5, 5.41) is 0. The molecule has 0 saturated carbocycles. The second-order valence-corrected chi connectivity index (χ2v) is 6.81. The smallest absolute Gasteiger partial charge is 0.422 e. The van der Waals surface area contributed by atoms with E-state index < -0.39 is 24.7 Å². The molecule has 2 aliphatic heterocycles. The molecule has 2 heterocycles. The van der Waals surface area contributed by atoms with Gasteiger partial charge in [0.05, 0.1) is 12.6 Å². The van der Waals surface area contributed by atoms with Crippen molar-refractivity contribution < 1.29 is 32.2 Å². The molecule has 3 rings (SSSR count). The van der Waals surface area contributed by atoms with Crippen LogP contribution in [-0.4, -0.2) is 42.7 Å². The second-order valence-electron chi connectivity index (χ2n) is 6.81. The van der Waals surface area contributed by atoms with E-state index in [0.29, 0.717) is 19.6 Å². The van der Waals surface area contributed by atoms with Gasteiger partial charge in [-0.05, 0) is 42.0 Å². The van der Waals surface area contributed by atoms with Gasteiger partial charge >= 0.3 is 18.1 Å². The van der Waals surface area contributed by atoms with Crippen molar-refractivity contribution in [3.63, 3.8) is 0 Å². The molecule has 2 aliphatic rings. The summed E-state index contributed by atoms with van der Waals surface area (Å²) < 4.78 is 46.3. The van der Waals surface area contributed by atoms with Crippen molar-refractivity contribution in [1.29, 1.82) is 0 Å². The van der Waals surface area contributed by atoms with E-state index in [1.54, 1.807) is 0 Å². The third-order valence-corrected chi connectivity index (χ3v) is 4.72. The van der Waals surface area contributed by atoms with E-state index in [-0.39, 0.29) is 12.0 Å². The minimum absolute atomic E-state index is 0.156. The maximum absolute atomic E-state index is 12.4. The minimum Gasteiger partial charge on any atom is -0.493 e. The molecule has 0 N–H and O–H groups in total. The van der Waals surface area contributed by atoms with Gasteiger partial charge in [0.1, 0.15) is 5.75 Å². The van der Waals surface area contributed by atoms with Crippen molar-refractivity contribution >= 4 is 11.9 Å². The van der Waals surface area contributed by atoms with E-state index in [4.69, 9.17) is 4.74 Å². The molecule has 2 atom stereocenters. The van der Waals surface area contributed by atoms with Crippen LogP contribution in [0.5, 0.6) is 5.75 Å². The SMILES string of the molecule is CC1CCC(c2ccc3c(c2)CCO3)N(C(=O)C(=O)OCC(F)(F)F)C1. The molecule has 0 radical (unpaired) electrons. The van der Waals surface area contributed by atoms with Gasteiger partial charge in [0.2, 0.25) is 0 Å². The van der Waals surface area contributed by atoms with Crippen LogP contribution in [0.25, 0.3) is 0 Å². The molecule has 1 aromatic carbocycles.